The van der Waals surface area contributed by atoms with Gasteiger partial charge in [-0.2, -0.15) is 0 Å². The van der Waals surface area contributed by atoms with Gasteiger partial charge >= 0.3 is 6.09 Å². The van der Waals surface area contributed by atoms with E-state index in [1.54, 1.807) is 6.92 Å². The molecular formula is C15H28N2O3. The number of alkyl carbamates (subject to hydrolysis) is 1. The van der Waals surface area contributed by atoms with Crippen LogP contribution in [0.15, 0.2) is 0 Å². The molecule has 1 rings (SSSR count). The van der Waals surface area contributed by atoms with Crippen LogP contribution in [0.1, 0.15) is 52.9 Å². The van der Waals surface area contributed by atoms with Crippen molar-refractivity contribution < 1.29 is 14.3 Å². The Morgan fingerprint density at radius 3 is 2.55 bits per heavy atom. The molecule has 1 N–H and O–H groups in total. The molecule has 20 heavy (non-hydrogen) atoms. The Kier molecular flexibility index (Phi) is 7.41. The Morgan fingerprint density at radius 1 is 1.20 bits per heavy atom. The van der Waals surface area contributed by atoms with E-state index in [9.17, 15) is 9.59 Å². The molecule has 1 saturated heterocycles. The van der Waals surface area contributed by atoms with E-state index in [0.717, 1.165) is 32.2 Å². The van der Waals surface area contributed by atoms with Gasteiger partial charge in [0.2, 0.25) is 5.91 Å². The molecule has 0 radical (unpaired) electrons. The maximum Gasteiger partial charge on any atom is 0.407 e. The summed E-state index contributed by atoms with van der Waals surface area (Å²) in [6.45, 7) is 7.76. The first-order chi connectivity index (χ1) is 9.60. The van der Waals surface area contributed by atoms with Crippen molar-refractivity contribution in [2.24, 2.45) is 5.92 Å². The molecule has 2 amide bonds. The Bertz CT molecular complexity index is 320. The molecule has 0 saturated carbocycles. The van der Waals surface area contributed by atoms with Crippen LogP contribution in [0.25, 0.3) is 0 Å². The molecule has 2 unspecified atom stereocenters. The standard InChI is InChI=1S/C15H28N2O3/c1-4-7-12-9-13(16-15(19)20-6-3)11-17(10-12)14(18)8-5-2/h12-13H,4-11H2,1-3H3,(H,16,19). The van der Waals surface area contributed by atoms with Gasteiger partial charge in [-0.3, -0.25) is 4.79 Å². The molecule has 1 fully saturated rings. The lowest BCUT2D eigenvalue weighted by Gasteiger charge is -2.38. The SMILES string of the molecule is CCCC(=O)N1CC(CCC)CC(NC(=O)OCC)C1. The molecule has 0 spiro atoms. The van der Waals surface area contributed by atoms with Crippen LogP contribution in [0.3, 0.4) is 0 Å². The van der Waals surface area contributed by atoms with Crippen LogP contribution < -0.4 is 5.32 Å². The van der Waals surface area contributed by atoms with Gasteiger partial charge in [-0.25, -0.2) is 4.79 Å². The summed E-state index contributed by atoms with van der Waals surface area (Å²) in [4.78, 5) is 25.5. The van der Waals surface area contributed by atoms with Crippen molar-refractivity contribution in [1.82, 2.24) is 10.2 Å². The lowest BCUT2D eigenvalue weighted by Crippen LogP contribution is -2.52. The van der Waals surface area contributed by atoms with Gasteiger partial charge in [0.15, 0.2) is 0 Å². The Balaban J connectivity index is 2.60. The average Bonchev–Trinajstić information content (AvgIpc) is 2.39. The first-order valence-corrected chi connectivity index (χ1v) is 7.81. The zero-order chi connectivity index (χ0) is 15.0. The molecule has 116 valence electrons. The molecule has 1 aliphatic rings. The second-order valence-electron chi connectivity index (χ2n) is 5.50. The summed E-state index contributed by atoms with van der Waals surface area (Å²) < 4.78 is 4.93. The number of hydrogen-bond acceptors (Lipinski definition) is 3. The molecule has 0 aliphatic carbocycles. The molecule has 0 aromatic carbocycles. The summed E-state index contributed by atoms with van der Waals surface area (Å²) in [6, 6.07) is 0.0140. The van der Waals surface area contributed by atoms with Crippen LogP contribution >= 0.6 is 0 Å². The molecule has 1 heterocycles. The van der Waals surface area contributed by atoms with Crippen molar-refractivity contribution in [2.45, 2.75) is 58.9 Å². The smallest absolute Gasteiger partial charge is 0.407 e. The summed E-state index contributed by atoms with van der Waals surface area (Å²) >= 11 is 0. The van der Waals surface area contributed by atoms with Crippen LogP contribution in [-0.4, -0.2) is 42.6 Å². The fourth-order valence-electron chi connectivity index (χ4n) is 2.84. The minimum atomic E-state index is -0.377. The van der Waals surface area contributed by atoms with E-state index in [0.29, 0.717) is 25.5 Å². The highest BCUT2D eigenvalue weighted by Gasteiger charge is 2.30. The highest BCUT2D eigenvalue weighted by molar-refractivity contribution is 5.76. The first-order valence-electron chi connectivity index (χ1n) is 7.81. The molecule has 2 atom stereocenters. The molecule has 5 heteroatoms. The molecule has 0 aromatic heterocycles. The number of nitrogens with zero attached hydrogens (tertiary/aromatic N) is 1. The van der Waals surface area contributed by atoms with Crippen LogP contribution in [-0.2, 0) is 9.53 Å². The third-order valence-corrected chi connectivity index (χ3v) is 3.65. The van der Waals surface area contributed by atoms with Crippen LogP contribution in [0.4, 0.5) is 4.79 Å². The lowest BCUT2D eigenvalue weighted by molar-refractivity contribution is -0.133. The predicted octanol–water partition coefficient (Wildman–Crippen LogP) is 2.55. The number of nitrogens with one attached hydrogen (secondary N) is 1. The average molecular weight is 284 g/mol. The van der Waals surface area contributed by atoms with Gasteiger partial charge in [0.25, 0.3) is 0 Å². The van der Waals surface area contributed by atoms with E-state index < -0.39 is 0 Å². The van der Waals surface area contributed by atoms with Gasteiger partial charge in [0.05, 0.1) is 12.6 Å². The Hall–Kier alpha value is -1.26. The van der Waals surface area contributed by atoms with E-state index in [1.807, 2.05) is 11.8 Å². The van der Waals surface area contributed by atoms with Crippen molar-refractivity contribution in [3.8, 4) is 0 Å². The number of rotatable bonds is 6. The normalized spacial score (nSPS) is 22.4. The summed E-state index contributed by atoms with van der Waals surface area (Å²) in [6.07, 6.45) is 4.21. The number of amides is 2. The third-order valence-electron chi connectivity index (χ3n) is 3.65. The van der Waals surface area contributed by atoms with Gasteiger partial charge in [-0.1, -0.05) is 20.3 Å². The topological polar surface area (TPSA) is 58.6 Å². The summed E-state index contributed by atoms with van der Waals surface area (Å²) in [5.41, 5.74) is 0. The monoisotopic (exact) mass is 284 g/mol. The molecule has 5 nitrogen and oxygen atoms in total. The van der Waals surface area contributed by atoms with Gasteiger partial charge in [0, 0.05) is 19.5 Å². The van der Waals surface area contributed by atoms with Crippen molar-refractivity contribution in [3.05, 3.63) is 0 Å². The molecule has 0 bridgehead atoms. The second kappa shape index (κ2) is 8.82. The van der Waals surface area contributed by atoms with E-state index in [4.69, 9.17) is 4.74 Å². The van der Waals surface area contributed by atoms with Crippen molar-refractivity contribution in [3.63, 3.8) is 0 Å². The van der Waals surface area contributed by atoms with Crippen LogP contribution in [0.2, 0.25) is 0 Å². The number of ether oxygens (including phenoxy) is 1. The number of carbonyl (C=O) groups is 2. The van der Waals surface area contributed by atoms with Gasteiger partial charge in [-0.05, 0) is 32.1 Å². The highest BCUT2D eigenvalue weighted by Crippen LogP contribution is 2.22. The third kappa shape index (κ3) is 5.39. The first kappa shape index (κ1) is 16.8. The van der Waals surface area contributed by atoms with Gasteiger partial charge < -0.3 is 15.0 Å². The number of piperidine rings is 1. The van der Waals surface area contributed by atoms with Crippen molar-refractivity contribution in [2.75, 3.05) is 19.7 Å². The minimum absolute atomic E-state index is 0.0140. The molecule has 0 aromatic rings. The van der Waals surface area contributed by atoms with Gasteiger partial charge in [0.1, 0.15) is 0 Å². The van der Waals surface area contributed by atoms with E-state index in [-0.39, 0.29) is 18.0 Å². The number of hydrogen-bond donors (Lipinski definition) is 1. The summed E-state index contributed by atoms with van der Waals surface area (Å²) in [5, 5.41) is 2.88. The number of carbonyl (C=O) groups excluding carboxylic acids is 2. The maximum absolute atomic E-state index is 12.1. The summed E-state index contributed by atoms with van der Waals surface area (Å²) in [7, 11) is 0. The molecular weight excluding hydrogens is 256 g/mol. The zero-order valence-corrected chi connectivity index (χ0v) is 13.0. The minimum Gasteiger partial charge on any atom is -0.450 e. The quantitative estimate of drug-likeness (QED) is 0.815. The van der Waals surface area contributed by atoms with Crippen LogP contribution in [0, 0.1) is 5.92 Å². The van der Waals surface area contributed by atoms with Crippen molar-refractivity contribution >= 4 is 12.0 Å². The van der Waals surface area contributed by atoms with E-state index >= 15 is 0 Å². The summed E-state index contributed by atoms with van der Waals surface area (Å²) in [5.74, 6) is 0.672. The fraction of sp³-hybridized carbons (Fsp3) is 0.867. The largest absolute Gasteiger partial charge is 0.450 e. The lowest BCUT2D eigenvalue weighted by atomic mass is 9.90. The van der Waals surface area contributed by atoms with Crippen molar-refractivity contribution in [1.29, 1.82) is 0 Å². The maximum atomic E-state index is 12.1. The fourth-order valence-corrected chi connectivity index (χ4v) is 2.84. The van der Waals surface area contributed by atoms with Gasteiger partial charge in [-0.15, -0.1) is 0 Å². The van der Waals surface area contributed by atoms with E-state index in [1.165, 1.54) is 0 Å². The highest BCUT2D eigenvalue weighted by atomic mass is 16.5. The predicted molar refractivity (Wildman–Crippen MR) is 78.4 cm³/mol. The number of likely N-dealkylation sites (tertiary alicyclic amines) is 1. The zero-order valence-electron chi connectivity index (χ0n) is 13.0. The Morgan fingerprint density at radius 2 is 1.95 bits per heavy atom. The Labute approximate surface area is 122 Å². The van der Waals surface area contributed by atoms with E-state index in [2.05, 4.69) is 12.2 Å². The second-order valence-corrected chi connectivity index (χ2v) is 5.50. The van der Waals surface area contributed by atoms with Crippen LogP contribution in [0.5, 0.6) is 0 Å². The molecule has 1 aliphatic heterocycles.